The lowest BCUT2D eigenvalue weighted by Crippen LogP contribution is -2.24. The number of nitrogen functional groups attached to an aromatic ring is 1. The number of esters is 1. The summed E-state index contributed by atoms with van der Waals surface area (Å²) in [5.74, 6) is -0.256. The number of rotatable bonds is 2. The van der Waals surface area contributed by atoms with E-state index in [4.69, 9.17) is 10.5 Å². The number of methoxy groups -OCH3 is 1. The molecule has 1 heterocycles. The second-order valence-corrected chi connectivity index (χ2v) is 4.28. The number of ether oxygens (including phenoxy) is 2. The van der Waals surface area contributed by atoms with Crippen molar-refractivity contribution in [3.8, 4) is 5.88 Å². The summed E-state index contributed by atoms with van der Waals surface area (Å²) < 4.78 is 10.1. The molecule has 0 amide bonds. The maximum absolute atomic E-state index is 11.4. The van der Waals surface area contributed by atoms with Crippen LogP contribution in [0.4, 0.5) is 5.69 Å². The van der Waals surface area contributed by atoms with Crippen LogP contribution >= 0.6 is 0 Å². The van der Waals surface area contributed by atoms with Gasteiger partial charge in [-0.3, -0.25) is 0 Å². The minimum Gasteiger partial charge on any atom is -0.470 e. The van der Waals surface area contributed by atoms with E-state index in [1.54, 1.807) is 0 Å². The van der Waals surface area contributed by atoms with E-state index in [9.17, 15) is 4.79 Å². The Morgan fingerprint density at radius 3 is 2.56 bits per heavy atom. The van der Waals surface area contributed by atoms with Crippen LogP contribution in [0.15, 0.2) is 12.3 Å². The highest BCUT2D eigenvalue weighted by atomic mass is 16.5. The number of carbonyl (C=O) groups is 1. The van der Waals surface area contributed by atoms with Gasteiger partial charge in [-0.15, -0.1) is 0 Å². The van der Waals surface area contributed by atoms with Crippen molar-refractivity contribution >= 4 is 11.7 Å². The van der Waals surface area contributed by atoms with Crippen LogP contribution in [-0.2, 0) is 4.74 Å². The molecule has 0 aliphatic carbocycles. The smallest absolute Gasteiger partial charge is 0.340 e. The number of anilines is 1. The van der Waals surface area contributed by atoms with Crippen LogP contribution < -0.4 is 10.5 Å². The molecule has 1 aromatic heterocycles. The summed E-state index contributed by atoms with van der Waals surface area (Å²) >= 11 is 0. The average Bonchev–Trinajstić information content (AvgIpc) is 2.18. The molecule has 0 saturated carbocycles. The molecule has 0 bridgehead atoms. The third-order valence-electron chi connectivity index (χ3n) is 1.76. The third kappa shape index (κ3) is 2.85. The number of pyridine rings is 1. The molecule has 5 heteroatoms. The van der Waals surface area contributed by atoms with E-state index in [-0.39, 0.29) is 17.1 Å². The van der Waals surface area contributed by atoms with Crippen molar-refractivity contribution in [2.75, 3.05) is 12.8 Å². The van der Waals surface area contributed by atoms with Crippen molar-refractivity contribution in [1.82, 2.24) is 4.98 Å². The largest absolute Gasteiger partial charge is 0.470 e. The van der Waals surface area contributed by atoms with Gasteiger partial charge in [-0.25, -0.2) is 9.78 Å². The molecule has 0 fully saturated rings. The predicted octanol–water partition coefficient (Wildman–Crippen LogP) is 1.63. The van der Waals surface area contributed by atoms with Gasteiger partial charge in [0.15, 0.2) is 0 Å². The lowest BCUT2D eigenvalue weighted by atomic mass is 10.2. The van der Waals surface area contributed by atoms with Crippen molar-refractivity contribution in [2.45, 2.75) is 26.4 Å². The van der Waals surface area contributed by atoms with E-state index in [1.165, 1.54) is 19.4 Å². The van der Waals surface area contributed by atoms with Crippen LogP contribution in [0, 0.1) is 0 Å². The second kappa shape index (κ2) is 4.38. The maximum Gasteiger partial charge on any atom is 0.340 e. The quantitative estimate of drug-likeness (QED) is 0.773. The molecule has 0 atom stereocenters. The summed E-state index contributed by atoms with van der Waals surface area (Å²) in [5.41, 5.74) is 5.82. The minimum absolute atomic E-state index is 0.198. The summed E-state index contributed by atoms with van der Waals surface area (Å²) in [7, 11) is 1.30. The Hall–Kier alpha value is -1.78. The van der Waals surface area contributed by atoms with Gasteiger partial charge in [0.1, 0.15) is 11.3 Å². The Labute approximate surface area is 94.6 Å². The zero-order valence-electron chi connectivity index (χ0n) is 9.90. The molecule has 0 unspecified atom stereocenters. The van der Waals surface area contributed by atoms with Crippen LogP contribution in [-0.4, -0.2) is 23.7 Å². The first-order valence-corrected chi connectivity index (χ1v) is 4.87. The summed E-state index contributed by atoms with van der Waals surface area (Å²) in [4.78, 5) is 15.4. The van der Waals surface area contributed by atoms with E-state index in [2.05, 4.69) is 9.72 Å². The van der Waals surface area contributed by atoms with Gasteiger partial charge in [0.05, 0.1) is 12.7 Å². The molecule has 0 aliphatic rings. The first-order valence-electron chi connectivity index (χ1n) is 4.87. The molecule has 2 N–H and O–H groups in total. The molecule has 5 nitrogen and oxygen atoms in total. The monoisotopic (exact) mass is 224 g/mol. The lowest BCUT2D eigenvalue weighted by Gasteiger charge is -2.21. The first kappa shape index (κ1) is 12.3. The summed E-state index contributed by atoms with van der Waals surface area (Å²) in [5, 5.41) is 0. The average molecular weight is 224 g/mol. The highest BCUT2D eigenvalue weighted by Crippen LogP contribution is 2.26. The van der Waals surface area contributed by atoms with Gasteiger partial charge in [-0.2, -0.15) is 0 Å². The van der Waals surface area contributed by atoms with E-state index in [1.807, 2.05) is 20.8 Å². The number of aromatic nitrogens is 1. The van der Waals surface area contributed by atoms with Gasteiger partial charge in [-0.1, -0.05) is 0 Å². The topological polar surface area (TPSA) is 74.4 Å². The van der Waals surface area contributed by atoms with Crippen LogP contribution in [0.3, 0.4) is 0 Å². The molecule has 88 valence electrons. The Morgan fingerprint density at radius 1 is 1.44 bits per heavy atom. The van der Waals surface area contributed by atoms with Crippen molar-refractivity contribution in [3.63, 3.8) is 0 Å². The number of nitrogens with zero attached hydrogens (tertiary/aromatic N) is 1. The highest BCUT2D eigenvalue weighted by molar-refractivity contribution is 5.95. The lowest BCUT2D eigenvalue weighted by molar-refractivity contribution is 0.0599. The van der Waals surface area contributed by atoms with Crippen LogP contribution in [0.25, 0.3) is 0 Å². The molecular formula is C11H16N2O3. The van der Waals surface area contributed by atoms with Crippen LogP contribution in [0.1, 0.15) is 31.1 Å². The van der Waals surface area contributed by atoms with Crippen LogP contribution in [0.2, 0.25) is 0 Å². The fourth-order valence-corrected chi connectivity index (χ4v) is 1.11. The Bertz CT molecular complexity index is 397. The molecule has 0 aromatic carbocycles. The summed E-state index contributed by atoms with van der Waals surface area (Å²) in [6.45, 7) is 5.62. The van der Waals surface area contributed by atoms with E-state index < -0.39 is 11.6 Å². The van der Waals surface area contributed by atoms with Crippen molar-refractivity contribution < 1.29 is 14.3 Å². The third-order valence-corrected chi connectivity index (χ3v) is 1.76. The Kier molecular flexibility index (Phi) is 3.37. The molecule has 0 spiro atoms. The summed E-state index contributed by atoms with van der Waals surface area (Å²) in [6.07, 6.45) is 1.46. The number of hydrogen-bond acceptors (Lipinski definition) is 5. The SMILES string of the molecule is COC(=O)c1ccnc(OC(C)(C)C)c1N. The number of nitrogens with two attached hydrogens (primary N) is 1. The molecule has 16 heavy (non-hydrogen) atoms. The van der Waals surface area contributed by atoms with Gasteiger partial charge in [0.25, 0.3) is 0 Å². The van der Waals surface area contributed by atoms with Gasteiger partial charge < -0.3 is 15.2 Å². The minimum atomic E-state index is -0.501. The Morgan fingerprint density at radius 2 is 2.06 bits per heavy atom. The molecule has 0 saturated heterocycles. The van der Waals surface area contributed by atoms with Crippen molar-refractivity contribution in [1.29, 1.82) is 0 Å². The second-order valence-electron chi connectivity index (χ2n) is 4.28. The normalized spacial score (nSPS) is 11.0. The van der Waals surface area contributed by atoms with Crippen molar-refractivity contribution in [3.05, 3.63) is 17.8 Å². The van der Waals surface area contributed by atoms with E-state index in [0.29, 0.717) is 0 Å². The number of carbonyl (C=O) groups excluding carboxylic acids is 1. The van der Waals surface area contributed by atoms with E-state index >= 15 is 0 Å². The molecular weight excluding hydrogens is 208 g/mol. The summed E-state index contributed by atoms with van der Waals surface area (Å²) in [6, 6.07) is 1.50. The van der Waals surface area contributed by atoms with Gasteiger partial charge in [0, 0.05) is 6.20 Å². The molecule has 0 radical (unpaired) electrons. The van der Waals surface area contributed by atoms with Gasteiger partial charge >= 0.3 is 5.97 Å². The maximum atomic E-state index is 11.4. The zero-order chi connectivity index (χ0) is 12.3. The fraction of sp³-hybridized carbons (Fsp3) is 0.455. The van der Waals surface area contributed by atoms with Crippen LogP contribution in [0.5, 0.6) is 5.88 Å². The first-order chi connectivity index (χ1) is 7.35. The van der Waals surface area contributed by atoms with Gasteiger partial charge in [-0.05, 0) is 26.8 Å². The standard InChI is InChI=1S/C11H16N2O3/c1-11(2,3)16-9-8(12)7(5-6-13-9)10(14)15-4/h5-6H,12H2,1-4H3. The van der Waals surface area contributed by atoms with E-state index in [0.717, 1.165) is 0 Å². The predicted molar refractivity (Wildman–Crippen MR) is 60.4 cm³/mol. The molecule has 1 aromatic rings. The highest BCUT2D eigenvalue weighted by Gasteiger charge is 2.19. The number of hydrogen-bond donors (Lipinski definition) is 1. The Balaban J connectivity index is 3.09. The van der Waals surface area contributed by atoms with Crippen molar-refractivity contribution in [2.24, 2.45) is 0 Å². The molecule has 0 aliphatic heterocycles. The molecule has 1 rings (SSSR count). The van der Waals surface area contributed by atoms with Gasteiger partial charge in [0.2, 0.25) is 5.88 Å². The zero-order valence-corrected chi connectivity index (χ0v) is 9.90. The fourth-order valence-electron chi connectivity index (χ4n) is 1.11.